The summed E-state index contributed by atoms with van der Waals surface area (Å²) in [5, 5.41) is 2.39. The van der Waals surface area contributed by atoms with E-state index in [1.54, 1.807) is 0 Å². The highest BCUT2D eigenvalue weighted by molar-refractivity contribution is 5.92. The lowest BCUT2D eigenvalue weighted by Crippen LogP contribution is -2.41. The van der Waals surface area contributed by atoms with Gasteiger partial charge in [-0.15, -0.1) is 0 Å². The predicted octanol–water partition coefficient (Wildman–Crippen LogP) is 6.42. The monoisotopic (exact) mass is 425 g/mol. The second-order valence-corrected chi connectivity index (χ2v) is 9.20. The van der Waals surface area contributed by atoms with Crippen LogP contribution in [0, 0.1) is 6.92 Å². The van der Waals surface area contributed by atoms with Crippen molar-refractivity contribution in [1.82, 2.24) is 14.9 Å². The summed E-state index contributed by atoms with van der Waals surface area (Å²) in [6.07, 6.45) is 5.82. The van der Waals surface area contributed by atoms with Crippen molar-refractivity contribution in [3.05, 3.63) is 65.7 Å². The van der Waals surface area contributed by atoms with E-state index in [0.29, 0.717) is 18.4 Å². The quantitative estimate of drug-likeness (QED) is 0.401. The van der Waals surface area contributed by atoms with E-state index in [1.165, 1.54) is 22.9 Å². The van der Waals surface area contributed by atoms with Crippen molar-refractivity contribution in [3.63, 3.8) is 0 Å². The van der Waals surface area contributed by atoms with Gasteiger partial charge in [-0.3, -0.25) is 4.79 Å². The van der Waals surface area contributed by atoms with Gasteiger partial charge in [-0.1, -0.05) is 35.9 Å². The maximum Gasteiger partial charge on any atom is 0.222 e. The van der Waals surface area contributed by atoms with E-state index in [2.05, 4.69) is 66.2 Å². The minimum absolute atomic E-state index is 0.304. The molecule has 4 nitrogen and oxygen atoms in total. The standard InChI is InChI=1S/C28H31N3O/c1-19-13-15-25-23(18-19)22(10-7-12-27(32)31-17-6-5-8-20(31)2)28(30-25)26-16-14-21-9-3-4-11-24(21)29-26/h3-4,9,11,13-16,18,20,30H,5-8,10,12,17H2,1-2H3. The van der Waals surface area contributed by atoms with Crippen LogP contribution in [0.15, 0.2) is 54.6 Å². The molecule has 1 amide bonds. The van der Waals surface area contributed by atoms with E-state index in [1.807, 2.05) is 12.1 Å². The third kappa shape index (κ3) is 4.02. The van der Waals surface area contributed by atoms with Gasteiger partial charge in [-0.05, 0) is 75.8 Å². The third-order valence-electron chi connectivity index (χ3n) is 6.86. The molecule has 2 aromatic heterocycles. The number of fused-ring (bicyclic) bond motifs is 2. The minimum atomic E-state index is 0.304. The lowest BCUT2D eigenvalue weighted by molar-refractivity contribution is -0.134. The Morgan fingerprint density at radius 2 is 2.00 bits per heavy atom. The number of rotatable bonds is 5. The molecule has 0 spiro atoms. The molecule has 4 aromatic rings. The van der Waals surface area contributed by atoms with Crippen LogP contribution in [-0.4, -0.2) is 33.4 Å². The molecule has 2 aromatic carbocycles. The number of aromatic nitrogens is 2. The second kappa shape index (κ2) is 8.78. The van der Waals surface area contributed by atoms with Crippen LogP contribution in [0.25, 0.3) is 33.2 Å². The SMILES string of the molecule is Cc1ccc2[nH]c(-c3ccc4ccccc4n3)c(CCCC(=O)N3CCCCC3C)c2c1. The molecule has 4 heteroatoms. The summed E-state index contributed by atoms with van der Waals surface area (Å²) in [6.45, 7) is 5.23. The fraction of sp³-hybridized carbons (Fsp3) is 0.357. The van der Waals surface area contributed by atoms with Gasteiger partial charge < -0.3 is 9.88 Å². The van der Waals surface area contributed by atoms with Gasteiger partial charge in [0, 0.05) is 35.3 Å². The fourth-order valence-corrected chi connectivity index (χ4v) is 5.07. The van der Waals surface area contributed by atoms with Crippen LogP contribution >= 0.6 is 0 Å². The zero-order chi connectivity index (χ0) is 22.1. The molecular formula is C28H31N3O. The molecule has 32 heavy (non-hydrogen) atoms. The van der Waals surface area contributed by atoms with Crippen molar-refractivity contribution in [1.29, 1.82) is 0 Å². The maximum absolute atomic E-state index is 12.9. The van der Waals surface area contributed by atoms with Crippen LogP contribution < -0.4 is 0 Å². The summed E-state index contributed by atoms with van der Waals surface area (Å²) in [5.74, 6) is 0.304. The molecule has 1 saturated heterocycles. The number of likely N-dealkylation sites (tertiary alicyclic amines) is 1. The Morgan fingerprint density at radius 3 is 2.88 bits per heavy atom. The minimum Gasteiger partial charge on any atom is -0.353 e. The number of para-hydroxylation sites is 1. The summed E-state index contributed by atoms with van der Waals surface area (Å²) in [4.78, 5) is 23.5. The number of H-pyrrole nitrogens is 1. The molecule has 1 N–H and O–H groups in total. The van der Waals surface area contributed by atoms with Crippen LogP contribution in [0.4, 0.5) is 0 Å². The van der Waals surface area contributed by atoms with E-state index in [4.69, 9.17) is 4.98 Å². The van der Waals surface area contributed by atoms with Crippen LogP contribution in [0.5, 0.6) is 0 Å². The van der Waals surface area contributed by atoms with Gasteiger partial charge in [0.1, 0.15) is 0 Å². The number of benzene rings is 2. The number of hydrogen-bond acceptors (Lipinski definition) is 2. The molecule has 164 valence electrons. The topological polar surface area (TPSA) is 49.0 Å². The van der Waals surface area contributed by atoms with Gasteiger partial charge in [-0.2, -0.15) is 0 Å². The van der Waals surface area contributed by atoms with Gasteiger partial charge in [-0.25, -0.2) is 4.98 Å². The second-order valence-electron chi connectivity index (χ2n) is 9.20. The highest BCUT2D eigenvalue weighted by atomic mass is 16.2. The van der Waals surface area contributed by atoms with Crippen molar-refractivity contribution in [2.45, 2.75) is 58.4 Å². The Balaban J connectivity index is 1.44. The van der Waals surface area contributed by atoms with Gasteiger partial charge >= 0.3 is 0 Å². The Kier molecular flexibility index (Phi) is 5.69. The molecule has 1 aliphatic heterocycles. The van der Waals surface area contributed by atoms with E-state index in [-0.39, 0.29) is 0 Å². The van der Waals surface area contributed by atoms with Gasteiger partial charge in [0.2, 0.25) is 5.91 Å². The molecule has 0 saturated carbocycles. The van der Waals surface area contributed by atoms with Crippen LogP contribution in [0.1, 0.15) is 50.2 Å². The first-order valence-electron chi connectivity index (χ1n) is 11.9. The first kappa shape index (κ1) is 20.7. The van der Waals surface area contributed by atoms with E-state index < -0.39 is 0 Å². The third-order valence-corrected chi connectivity index (χ3v) is 6.86. The van der Waals surface area contributed by atoms with E-state index >= 15 is 0 Å². The number of nitrogens with one attached hydrogen (secondary N) is 1. The largest absolute Gasteiger partial charge is 0.353 e. The molecular weight excluding hydrogens is 394 g/mol. The van der Waals surface area contributed by atoms with Gasteiger partial charge in [0.15, 0.2) is 0 Å². The number of pyridine rings is 1. The molecule has 1 aliphatic rings. The van der Waals surface area contributed by atoms with Crippen LogP contribution in [0.3, 0.4) is 0 Å². The van der Waals surface area contributed by atoms with Crippen molar-refractivity contribution in [2.75, 3.05) is 6.54 Å². The van der Waals surface area contributed by atoms with Gasteiger partial charge in [0.05, 0.1) is 16.9 Å². The molecule has 0 aliphatic carbocycles. The van der Waals surface area contributed by atoms with Crippen molar-refractivity contribution < 1.29 is 4.79 Å². The summed E-state index contributed by atoms with van der Waals surface area (Å²) in [7, 11) is 0. The first-order chi connectivity index (χ1) is 15.6. The summed E-state index contributed by atoms with van der Waals surface area (Å²) in [6, 6.07) is 19.4. The molecule has 1 fully saturated rings. The summed E-state index contributed by atoms with van der Waals surface area (Å²) < 4.78 is 0. The van der Waals surface area contributed by atoms with Gasteiger partial charge in [0.25, 0.3) is 0 Å². The average Bonchev–Trinajstić information content (AvgIpc) is 3.16. The highest BCUT2D eigenvalue weighted by Crippen LogP contribution is 2.32. The molecule has 1 atom stereocenters. The molecule has 0 bridgehead atoms. The number of carbonyl (C=O) groups is 1. The number of hydrogen-bond donors (Lipinski definition) is 1. The number of amides is 1. The van der Waals surface area contributed by atoms with Crippen molar-refractivity contribution in [3.8, 4) is 11.4 Å². The number of nitrogens with zero attached hydrogens (tertiary/aromatic N) is 2. The normalized spacial score (nSPS) is 16.7. The smallest absolute Gasteiger partial charge is 0.222 e. The van der Waals surface area contributed by atoms with E-state index in [9.17, 15) is 4.79 Å². The van der Waals surface area contributed by atoms with Crippen molar-refractivity contribution in [2.24, 2.45) is 0 Å². The average molecular weight is 426 g/mol. The number of carbonyl (C=O) groups excluding carboxylic acids is 1. The fourth-order valence-electron chi connectivity index (χ4n) is 5.07. The number of aromatic amines is 1. The molecule has 3 heterocycles. The predicted molar refractivity (Wildman–Crippen MR) is 132 cm³/mol. The number of aryl methyl sites for hydroxylation is 2. The first-order valence-corrected chi connectivity index (χ1v) is 11.9. The van der Waals surface area contributed by atoms with Crippen LogP contribution in [0.2, 0.25) is 0 Å². The van der Waals surface area contributed by atoms with Crippen molar-refractivity contribution >= 4 is 27.7 Å². The lowest BCUT2D eigenvalue weighted by atomic mass is 9.99. The Labute approximate surface area is 189 Å². The lowest BCUT2D eigenvalue weighted by Gasteiger charge is -2.33. The summed E-state index contributed by atoms with van der Waals surface area (Å²) in [5.41, 5.74) is 6.69. The van der Waals surface area contributed by atoms with Crippen LogP contribution in [-0.2, 0) is 11.2 Å². The zero-order valence-electron chi connectivity index (χ0n) is 19.0. The Hall–Kier alpha value is -3.14. The Morgan fingerprint density at radius 1 is 1.12 bits per heavy atom. The summed E-state index contributed by atoms with van der Waals surface area (Å²) >= 11 is 0. The zero-order valence-corrected chi connectivity index (χ0v) is 19.0. The molecule has 0 radical (unpaired) electrons. The number of piperidine rings is 1. The Bertz CT molecular complexity index is 1270. The highest BCUT2D eigenvalue weighted by Gasteiger charge is 2.23. The van der Waals surface area contributed by atoms with E-state index in [0.717, 1.165) is 60.0 Å². The maximum atomic E-state index is 12.9. The molecule has 1 unspecified atom stereocenters. The molecule has 5 rings (SSSR count).